The van der Waals surface area contributed by atoms with Crippen LogP contribution < -0.4 is 10.6 Å². The van der Waals surface area contributed by atoms with E-state index in [0.29, 0.717) is 5.02 Å². The minimum atomic E-state index is -1.09. The van der Waals surface area contributed by atoms with Crippen LogP contribution in [0.25, 0.3) is 0 Å². The number of esters is 1. The quantitative estimate of drug-likeness (QED) is 0.816. The molecule has 0 radical (unpaired) electrons. The molecule has 24 heavy (non-hydrogen) atoms. The Kier molecular flexibility index (Phi) is 6.61. The SMILES string of the molecule is C[C@@H](OC(=O)c1cccc(Cl)c1)C(=O)NC(=O)NC1CCCCC1. The number of imide groups is 1. The van der Waals surface area contributed by atoms with E-state index in [4.69, 9.17) is 16.3 Å². The number of hydrogen-bond acceptors (Lipinski definition) is 4. The Labute approximate surface area is 145 Å². The maximum Gasteiger partial charge on any atom is 0.338 e. The predicted octanol–water partition coefficient (Wildman–Crippen LogP) is 3.04. The number of carbonyl (C=O) groups is 3. The van der Waals surface area contributed by atoms with Gasteiger partial charge in [-0.1, -0.05) is 36.9 Å². The summed E-state index contributed by atoms with van der Waals surface area (Å²) in [5.41, 5.74) is 0.244. The lowest BCUT2D eigenvalue weighted by atomic mass is 9.96. The average Bonchev–Trinajstić information content (AvgIpc) is 2.55. The molecule has 0 aromatic heterocycles. The Balaban J connectivity index is 1.80. The zero-order valence-corrected chi connectivity index (χ0v) is 14.3. The molecule has 1 atom stereocenters. The van der Waals surface area contributed by atoms with Crippen LogP contribution in [0.15, 0.2) is 24.3 Å². The molecule has 7 heteroatoms. The summed E-state index contributed by atoms with van der Waals surface area (Å²) in [6, 6.07) is 5.76. The van der Waals surface area contributed by atoms with E-state index < -0.39 is 24.0 Å². The van der Waals surface area contributed by atoms with Crippen molar-refractivity contribution in [2.45, 2.75) is 51.2 Å². The molecule has 2 rings (SSSR count). The largest absolute Gasteiger partial charge is 0.449 e. The summed E-state index contributed by atoms with van der Waals surface area (Å²) >= 11 is 5.81. The number of halogens is 1. The molecule has 130 valence electrons. The van der Waals surface area contributed by atoms with Gasteiger partial charge in [-0.15, -0.1) is 0 Å². The molecule has 0 aliphatic heterocycles. The van der Waals surface area contributed by atoms with Crippen molar-refractivity contribution in [1.29, 1.82) is 0 Å². The molecule has 0 saturated heterocycles. The molecule has 1 aromatic carbocycles. The van der Waals surface area contributed by atoms with Gasteiger partial charge >= 0.3 is 12.0 Å². The number of benzene rings is 1. The zero-order valence-electron chi connectivity index (χ0n) is 13.5. The van der Waals surface area contributed by atoms with E-state index in [9.17, 15) is 14.4 Å². The highest BCUT2D eigenvalue weighted by molar-refractivity contribution is 6.30. The number of carbonyl (C=O) groups excluding carboxylic acids is 3. The number of ether oxygens (including phenoxy) is 1. The standard InChI is InChI=1S/C17H21ClN2O4/c1-11(24-16(22)12-6-5-7-13(18)10-12)15(21)20-17(23)19-14-8-3-2-4-9-14/h5-7,10-11,14H,2-4,8-9H2,1H3,(H2,19,20,21,23)/t11-/m1/s1. The molecule has 1 saturated carbocycles. The van der Waals surface area contributed by atoms with Gasteiger partial charge in [0.05, 0.1) is 5.56 Å². The van der Waals surface area contributed by atoms with E-state index in [1.807, 2.05) is 0 Å². The minimum Gasteiger partial charge on any atom is -0.449 e. The Morgan fingerprint density at radius 2 is 1.92 bits per heavy atom. The predicted molar refractivity (Wildman–Crippen MR) is 89.9 cm³/mol. The van der Waals surface area contributed by atoms with Gasteiger partial charge in [-0.2, -0.15) is 0 Å². The van der Waals surface area contributed by atoms with Crippen LogP contribution in [0.1, 0.15) is 49.4 Å². The van der Waals surface area contributed by atoms with E-state index in [2.05, 4.69) is 10.6 Å². The van der Waals surface area contributed by atoms with Gasteiger partial charge in [0.15, 0.2) is 6.10 Å². The number of hydrogen-bond donors (Lipinski definition) is 2. The Morgan fingerprint density at radius 1 is 1.21 bits per heavy atom. The Morgan fingerprint density at radius 3 is 2.58 bits per heavy atom. The van der Waals surface area contributed by atoms with Crippen LogP contribution in [0.5, 0.6) is 0 Å². The Bertz CT molecular complexity index is 614. The van der Waals surface area contributed by atoms with Crippen molar-refractivity contribution in [2.24, 2.45) is 0 Å². The first-order chi connectivity index (χ1) is 11.5. The van der Waals surface area contributed by atoms with Crippen molar-refractivity contribution in [2.75, 3.05) is 0 Å². The summed E-state index contributed by atoms with van der Waals surface area (Å²) in [5.74, 6) is -1.34. The number of rotatable bonds is 4. The van der Waals surface area contributed by atoms with Crippen molar-refractivity contribution in [3.8, 4) is 0 Å². The van der Waals surface area contributed by atoms with Gasteiger partial charge < -0.3 is 10.1 Å². The van der Waals surface area contributed by atoms with E-state index in [0.717, 1.165) is 25.7 Å². The third-order valence-electron chi connectivity index (χ3n) is 3.89. The van der Waals surface area contributed by atoms with Crippen LogP contribution >= 0.6 is 11.6 Å². The fourth-order valence-electron chi connectivity index (χ4n) is 2.58. The first-order valence-electron chi connectivity index (χ1n) is 8.03. The lowest BCUT2D eigenvalue weighted by molar-refractivity contribution is -0.127. The van der Waals surface area contributed by atoms with Crippen molar-refractivity contribution in [1.82, 2.24) is 10.6 Å². The van der Waals surface area contributed by atoms with Crippen LogP contribution in [0.3, 0.4) is 0 Å². The minimum absolute atomic E-state index is 0.0934. The second-order valence-corrected chi connectivity index (χ2v) is 6.29. The van der Waals surface area contributed by atoms with Gasteiger partial charge in [-0.05, 0) is 38.0 Å². The molecule has 1 aliphatic carbocycles. The summed E-state index contributed by atoms with van der Waals surface area (Å²) in [5, 5.41) is 5.37. The summed E-state index contributed by atoms with van der Waals surface area (Å²) < 4.78 is 5.05. The number of nitrogens with one attached hydrogen (secondary N) is 2. The molecule has 2 N–H and O–H groups in total. The van der Waals surface area contributed by atoms with E-state index in [-0.39, 0.29) is 11.6 Å². The molecule has 0 spiro atoms. The third-order valence-corrected chi connectivity index (χ3v) is 4.13. The monoisotopic (exact) mass is 352 g/mol. The fourth-order valence-corrected chi connectivity index (χ4v) is 2.77. The fraction of sp³-hybridized carbons (Fsp3) is 0.471. The van der Waals surface area contributed by atoms with Gasteiger partial charge in [-0.25, -0.2) is 9.59 Å². The van der Waals surface area contributed by atoms with Crippen LogP contribution in [0.4, 0.5) is 4.79 Å². The lowest BCUT2D eigenvalue weighted by Gasteiger charge is -2.23. The smallest absolute Gasteiger partial charge is 0.338 e. The van der Waals surface area contributed by atoms with E-state index in [1.54, 1.807) is 12.1 Å². The van der Waals surface area contributed by atoms with Gasteiger partial charge in [0.2, 0.25) is 0 Å². The van der Waals surface area contributed by atoms with Gasteiger partial charge in [0, 0.05) is 11.1 Å². The van der Waals surface area contributed by atoms with Gasteiger partial charge in [-0.3, -0.25) is 10.1 Å². The molecular formula is C17H21ClN2O4. The Hall–Kier alpha value is -2.08. The normalized spacial score (nSPS) is 16.1. The van der Waals surface area contributed by atoms with Crippen LogP contribution in [-0.2, 0) is 9.53 Å². The first-order valence-corrected chi connectivity index (χ1v) is 8.41. The van der Waals surface area contributed by atoms with E-state index in [1.165, 1.54) is 25.5 Å². The number of amides is 3. The molecule has 1 fully saturated rings. The van der Waals surface area contributed by atoms with Gasteiger partial charge in [0.1, 0.15) is 0 Å². The molecular weight excluding hydrogens is 332 g/mol. The first kappa shape index (κ1) is 18.3. The van der Waals surface area contributed by atoms with Crippen molar-refractivity contribution in [3.05, 3.63) is 34.9 Å². The maximum atomic E-state index is 12.0. The third kappa shape index (κ3) is 5.53. The van der Waals surface area contributed by atoms with Crippen LogP contribution in [0.2, 0.25) is 5.02 Å². The van der Waals surface area contributed by atoms with Crippen molar-refractivity contribution >= 4 is 29.5 Å². The van der Waals surface area contributed by atoms with Crippen molar-refractivity contribution < 1.29 is 19.1 Å². The maximum absolute atomic E-state index is 12.0. The molecule has 0 heterocycles. The highest BCUT2D eigenvalue weighted by Crippen LogP contribution is 2.17. The average molecular weight is 353 g/mol. The topological polar surface area (TPSA) is 84.5 Å². The van der Waals surface area contributed by atoms with Crippen LogP contribution in [-0.4, -0.2) is 30.1 Å². The van der Waals surface area contributed by atoms with Crippen molar-refractivity contribution in [3.63, 3.8) is 0 Å². The van der Waals surface area contributed by atoms with Crippen LogP contribution in [0, 0.1) is 0 Å². The second-order valence-electron chi connectivity index (χ2n) is 5.86. The molecule has 1 aliphatic rings. The molecule has 3 amide bonds. The summed E-state index contributed by atoms with van der Waals surface area (Å²) in [6.45, 7) is 1.41. The highest BCUT2D eigenvalue weighted by Gasteiger charge is 2.22. The molecule has 6 nitrogen and oxygen atoms in total. The summed E-state index contributed by atoms with van der Waals surface area (Å²) in [6.07, 6.45) is 4.07. The lowest BCUT2D eigenvalue weighted by Crippen LogP contribution is -2.48. The number of urea groups is 1. The summed E-state index contributed by atoms with van der Waals surface area (Å²) in [4.78, 5) is 35.7. The second kappa shape index (κ2) is 8.68. The molecule has 1 aromatic rings. The highest BCUT2D eigenvalue weighted by atomic mass is 35.5. The van der Waals surface area contributed by atoms with Gasteiger partial charge in [0.25, 0.3) is 5.91 Å². The van der Waals surface area contributed by atoms with E-state index >= 15 is 0 Å². The summed E-state index contributed by atoms with van der Waals surface area (Å²) in [7, 11) is 0. The molecule has 0 bridgehead atoms. The molecule has 0 unspecified atom stereocenters. The zero-order chi connectivity index (χ0) is 17.5.